The molecule has 0 spiro atoms. The molecule has 0 saturated heterocycles. The number of hydrogen-bond acceptors (Lipinski definition) is 3. The normalized spacial score (nSPS) is 13.4. The summed E-state index contributed by atoms with van der Waals surface area (Å²) in [6, 6.07) is 12.6. The third-order valence-corrected chi connectivity index (χ3v) is 6.59. The van der Waals surface area contributed by atoms with E-state index in [2.05, 4.69) is 0 Å². The molecule has 2 heterocycles. The molecule has 2 N–H and O–H groups in total. The van der Waals surface area contributed by atoms with Crippen LogP contribution in [0.4, 0.5) is 26.3 Å². The van der Waals surface area contributed by atoms with Crippen LogP contribution in [0, 0.1) is 0 Å². The Morgan fingerprint density at radius 2 is 1.62 bits per heavy atom. The quantitative estimate of drug-likeness (QED) is 0.324. The molecule has 202 valence electrons. The number of alkyl halides is 6. The van der Waals surface area contributed by atoms with Crippen LogP contribution in [0.3, 0.4) is 0 Å². The summed E-state index contributed by atoms with van der Waals surface area (Å²) < 4.78 is 86.8. The first-order valence-electron chi connectivity index (χ1n) is 11.6. The Bertz CT molecular complexity index is 1650. The van der Waals surface area contributed by atoms with Crippen LogP contribution >= 0.6 is 11.6 Å². The molecule has 0 saturated carbocycles. The zero-order valence-corrected chi connectivity index (χ0v) is 20.5. The molecular weight excluding hydrogens is 550 g/mol. The van der Waals surface area contributed by atoms with Crippen LogP contribution < -0.4 is 15.6 Å². The lowest BCUT2D eigenvalue weighted by molar-refractivity contribution is -0.571. The van der Waals surface area contributed by atoms with Crippen molar-refractivity contribution in [1.29, 1.82) is 0 Å². The average Bonchev–Trinajstić information content (AvgIpc) is 2.88. The van der Waals surface area contributed by atoms with Crippen molar-refractivity contribution in [1.82, 2.24) is 4.57 Å². The number of nitrogens with zero attached hydrogens (tertiary/aromatic N) is 1. The van der Waals surface area contributed by atoms with E-state index < -0.39 is 41.5 Å². The van der Waals surface area contributed by atoms with E-state index in [4.69, 9.17) is 16.3 Å². The van der Waals surface area contributed by atoms with Crippen molar-refractivity contribution < 1.29 is 41.2 Å². The Labute approximate surface area is 221 Å². The van der Waals surface area contributed by atoms with Crippen molar-refractivity contribution in [3.05, 3.63) is 98.3 Å². The average molecular weight is 568 g/mol. The fourth-order valence-electron chi connectivity index (χ4n) is 4.68. The van der Waals surface area contributed by atoms with Gasteiger partial charge < -0.3 is 9.30 Å². The maximum Gasteiger partial charge on any atom is 0.416 e. The van der Waals surface area contributed by atoms with Gasteiger partial charge in [-0.15, -0.1) is 0 Å². The summed E-state index contributed by atoms with van der Waals surface area (Å²) >= 11 is 6.18. The predicted octanol–water partition coefficient (Wildman–Crippen LogP) is 5.66. The molecule has 5 nitrogen and oxygen atoms in total. The van der Waals surface area contributed by atoms with Crippen LogP contribution in [0.1, 0.15) is 27.0 Å². The first-order valence-corrected chi connectivity index (χ1v) is 12.0. The Morgan fingerprint density at radius 1 is 0.949 bits per heavy atom. The number of benzene rings is 3. The maximum absolute atomic E-state index is 13.6. The minimum Gasteiger partial charge on any atom is -0.490 e. The van der Waals surface area contributed by atoms with Crippen LogP contribution in [0.2, 0.25) is 5.02 Å². The summed E-state index contributed by atoms with van der Waals surface area (Å²) in [6.07, 6.45) is -10.1. The third-order valence-electron chi connectivity index (χ3n) is 6.35. The van der Waals surface area contributed by atoms with Gasteiger partial charge in [-0.3, -0.25) is 10.1 Å². The number of pyridine rings is 1. The fourth-order valence-corrected chi connectivity index (χ4v) is 4.87. The smallest absolute Gasteiger partial charge is 0.416 e. The summed E-state index contributed by atoms with van der Waals surface area (Å²) in [5.74, 6) is -0.408. The first kappa shape index (κ1) is 26.8. The molecular formula is C27H18ClF6N2O3+. The molecule has 4 aromatic rings. The summed E-state index contributed by atoms with van der Waals surface area (Å²) in [5.41, 5.74) is -3.15. The number of halogens is 7. The zero-order valence-electron chi connectivity index (χ0n) is 19.8. The molecule has 1 amide bonds. The van der Waals surface area contributed by atoms with E-state index in [1.54, 1.807) is 42.5 Å². The zero-order chi connectivity index (χ0) is 28.1. The lowest BCUT2D eigenvalue weighted by atomic mass is 9.94. The van der Waals surface area contributed by atoms with Crippen molar-refractivity contribution >= 4 is 28.4 Å². The van der Waals surface area contributed by atoms with Gasteiger partial charge in [0, 0.05) is 21.5 Å². The predicted molar refractivity (Wildman–Crippen MR) is 131 cm³/mol. The van der Waals surface area contributed by atoms with Crippen LogP contribution in [0.25, 0.3) is 22.0 Å². The second-order valence-corrected chi connectivity index (χ2v) is 9.34. The highest BCUT2D eigenvalue weighted by atomic mass is 35.5. The number of ether oxygens (including phenoxy) is 1. The van der Waals surface area contributed by atoms with Crippen molar-refractivity contribution in [3.8, 4) is 16.9 Å². The third kappa shape index (κ3) is 5.11. The van der Waals surface area contributed by atoms with E-state index in [0.29, 0.717) is 39.4 Å². The van der Waals surface area contributed by atoms with Crippen molar-refractivity contribution in [3.63, 3.8) is 0 Å². The number of nitrogens with two attached hydrogens (primary N) is 1. The van der Waals surface area contributed by atoms with Gasteiger partial charge in [-0.25, -0.2) is 4.79 Å². The first-order chi connectivity index (χ1) is 18.3. The fraction of sp³-hybridized carbons (Fsp3) is 0.185. The standard InChI is InChI=1S/C27H17ClF6N2O3/c28-18-4-1-3-15(11-18)21-19-5-2-6-20-23(19)36(7-8-39-20)25(38)22(21)24(37)35-13-14-9-16(26(29,30)31)12-17(10-14)27(32,33)34/h1-6,9-12H,7-8,13H2,(H,35,37)/p+1. The summed E-state index contributed by atoms with van der Waals surface area (Å²) in [7, 11) is 0. The summed E-state index contributed by atoms with van der Waals surface area (Å²) in [5, 5.41) is 1.75. The van der Waals surface area contributed by atoms with Crippen molar-refractivity contribution in [2.24, 2.45) is 0 Å². The number of hydrogen-bond donors (Lipinski definition) is 1. The number of rotatable bonds is 4. The van der Waals surface area contributed by atoms with Crippen LogP contribution in [0.15, 0.2) is 65.5 Å². The molecule has 1 aliphatic rings. The molecule has 0 atom stereocenters. The van der Waals surface area contributed by atoms with Gasteiger partial charge in [0.1, 0.15) is 18.9 Å². The van der Waals surface area contributed by atoms with Crippen LogP contribution in [-0.4, -0.2) is 17.1 Å². The van der Waals surface area contributed by atoms with E-state index in [9.17, 15) is 35.9 Å². The Morgan fingerprint density at radius 3 is 2.26 bits per heavy atom. The van der Waals surface area contributed by atoms with Crippen molar-refractivity contribution in [2.45, 2.75) is 25.4 Å². The molecule has 0 radical (unpaired) electrons. The van der Waals surface area contributed by atoms with Gasteiger partial charge in [0.2, 0.25) is 0 Å². The lowest BCUT2D eigenvalue weighted by Crippen LogP contribution is -2.87. The summed E-state index contributed by atoms with van der Waals surface area (Å²) in [6.45, 7) is -0.253. The molecule has 39 heavy (non-hydrogen) atoms. The summed E-state index contributed by atoms with van der Waals surface area (Å²) in [4.78, 5) is 27.2. The van der Waals surface area contributed by atoms with Crippen LogP contribution in [-0.2, 0) is 25.4 Å². The second-order valence-electron chi connectivity index (χ2n) is 8.90. The number of aromatic nitrogens is 1. The minimum atomic E-state index is -5.03. The number of quaternary nitrogens is 1. The molecule has 12 heteroatoms. The minimum absolute atomic E-state index is 0.0166. The van der Waals surface area contributed by atoms with Gasteiger partial charge in [0.05, 0.1) is 23.2 Å². The van der Waals surface area contributed by atoms with E-state index in [1.807, 2.05) is 0 Å². The van der Waals surface area contributed by atoms with Gasteiger partial charge in [-0.1, -0.05) is 35.9 Å². The number of carbonyl (C=O) groups is 1. The molecule has 0 aliphatic carbocycles. The van der Waals surface area contributed by atoms with E-state index in [0.717, 1.165) is 5.32 Å². The SMILES string of the molecule is O=C([NH2+]Cc1cc(C(F)(F)F)cc(C(F)(F)F)c1)c1c(-c2cccc(Cl)c2)c2cccc3c2n(c1=O)CCO3. The highest BCUT2D eigenvalue weighted by molar-refractivity contribution is 6.31. The molecule has 1 aliphatic heterocycles. The molecule has 5 rings (SSSR count). The molecule has 0 unspecified atom stereocenters. The second kappa shape index (κ2) is 9.73. The Hall–Kier alpha value is -3.83. The van der Waals surface area contributed by atoms with E-state index in [1.165, 1.54) is 4.57 Å². The molecule has 3 aromatic carbocycles. The number of primary amides is 1. The van der Waals surface area contributed by atoms with Crippen LogP contribution in [0.5, 0.6) is 5.75 Å². The van der Waals surface area contributed by atoms with E-state index >= 15 is 0 Å². The number of carbonyl (C=O) groups excluding carboxylic acids is 1. The monoisotopic (exact) mass is 567 g/mol. The number of amides is 1. The lowest BCUT2D eigenvalue weighted by Gasteiger charge is -2.23. The Kier molecular flexibility index (Phi) is 6.68. The van der Waals surface area contributed by atoms with Gasteiger partial charge in [0.15, 0.2) is 5.56 Å². The highest BCUT2D eigenvalue weighted by Crippen LogP contribution is 2.38. The van der Waals surface area contributed by atoms with Gasteiger partial charge in [0.25, 0.3) is 5.56 Å². The largest absolute Gasteiger partial charge is 0.490 e. The van der Waals surface area contributed by atoms with Gasteiger partial charge >= 0.3 is 18.3 Å². The topological polar surface area (TPSA) is 64.9 Å². The maximum atomic E-state index is 13.6. The van der Waals surface area contributed by atoms with Gasteiger partial charge in [-0.2, -0.15) is 26.3 Å². The highest BCUT2D eigenvalue weighted by Gasteiger charge is 2.37. The van der Waals surface area contributed by atoms with Crippen molar-refractivity contribution in [2.75, 3.05) is 6.61 Å². The molecule has 0 bridgehead atoms. The van der Waals surface area contributed by atoms with E-state index in [-0.39, 0.29) is 35.9 Å². The molecule has 1 aromatic heterocycles. The Balaban J connectivity index is 1.63. The molecule has 0 fully saturated rings. The number of para-hydroxylation sites is 1. The van der Waals surface area contributed by atoms with Gasteiger partial charge in [-0.05, 0) is 42.0 Å².